The van der Waals surface area contributed by atoms with E-state index in [0.29, 0.717) is 24.9 Å². The van der Waals surface area contributed by atoms with E-state index in [2.05, 4.69) is 25.0 Å². The summed E-state index contributed by atoms with van der Waals surface area (Å²) in [5.41, 5.74) is 0.734. The van der Waals surface area contributed by atoms with Crippen LogP contribution in [0.1, 0.15) is 56.6 Å². The molecule has 0 aliphatic carbocycles. The Morgan fingerprint density at radius 2 is 1.97 bits per heavy atom. The van der Waals surface area contributed by atoms with E-state index in [0.717, 1.165) is 62.0 Å². The SMILES string of the molecule is CC(C(=O)Nc1ccc2c(c1)OCCO2)N1CCCC(c2nnc3n2CCCCC3)C1. The van der Waals surface area contributed by atoms with E-state index in [1.807, 2.05) is 25.1 Å². The van der Waals surface area contributed by atoms with Gasteiger partial charge in [-0.15, -0.1) is 10.2 Å². The van der Waals surface area contributed by atoms with Crippen LogP contribution in [0.5, 0.6) is 11.5 Å². The van der Waals surface area contributed by atoms with E-state index in [1.54, 1.807) is 0 Å². The zero-order chi connectivity index (χ0) is 21.2. The summed E-state index contributed by atoms with van der Waals surface area (Å²) in [7, 11) is 0. The third-order valence-corrected chi connectivity index (χ3v) is 6.69. The number of hydrogen-bond acceptors (Lipinski definition) is 6. The van der Waals surface area contributed by atoms with Crippen LogP contribution in [0.2, 0.25) is 0 Å². The molecule has 0 spiro atoms. The Bertz CT molecular complexity index is 943. The van der Waals surface area contributed by atoms with Gasteiger partial charge in [0.05, 0.1) is 6.04 Å². The van der Waals surface area contributed by atoms with Crippen molar-refractivity contribution in [3.05, 3.63) is 29.8 Å². The number of benzene rings is 1. The Hall–Kier alpha value is -2.61. The zero-order valence-electron chi connectivity index (χ0n) is 18.2. The molecule has 1 aromatic carbocycles. The van der Waals surface area contributed by atoms with Gasteiger partial charge in [-0.05, 0) is 51.3 Å². The quantitative estimate of drug-likeness (QED) is 0.811. The normalized spacial score (nSPS) is 22.3. The first-order valence-electron chi connectivity index (χ1n) is 11.6. The maximum Gasteiger partial charge on any atom is 0.241 e. The maximum absolute atomic E-state index is 13.0. The average molecular weight is 426 g/mol. The van der Waals surface area contributed by atoms with E-state index in [1.165, 1.54) is 19.3 Å². The van der Waals surface area contributed by atoms with Crippen LogP contribution in [0.3, 0.4) is 0 Å². The van der Waals surface area contributed by atoms with Gasteiger partial charge in [-0.25, -0.2) is 0 Å². The van der Waals surface area contributed by atoms with E-state index < -0.39 is 0 Å². The number of ether oxygens (including phenoxy) is 2. The van der Waals surface area contributed by atoms with Gasteiger partial charge in [0.1, 0.15) is 24.9 Å². The van der Waals surface area contributed by atoms with Gasteiger partial charge in [-0.1, -0.05) is 6.42 Å². The molecule has 5 rings (SSSR count). The minimum absolute atomic E-state index is 0.00241. The Kier molecular flexibility index (Phi) is 5.80. The second kappa shape index (κ2) is 8.86. The van der Waals surface area contributed by atoms with Crippen molar-refractivity contribution in [1.29, 1.82) is 0 Å². The largest absolute Gasteiger partial charge is 0.486 e. The zero-order valence-corrected chi connectivity index (χ0v) is 18.2. The summed E-state index contributed by atoms with van der Waals surface area (Å²) in [4.78, 5) is 15.3. The second-order valence-corrected chi connectivity index (χ2v) is 8.79. The maximum atomic E-state index is 13.0. The number of carbonyl (C=O) groups excluding carboxylic acids is 1. The monoisotopic (exact) mass is 425 g/mol. The van der Waals surface area contributed by atoms with Gasteiger partial charge in [0, 0.05) is 37.2 Å². The van der Waals surface area contributed by atoms with E-state index in [9.17, 15) is 4.79 Å². The number of nitrogens with zero attached hydrogens (tertiary/aromatic N) is 4. The van der Waals surface area contributed by atoms with Crippen LogP contribution in [0.4, 0.5) is 5.69 Å². The molecule has 1 aromatic heterocycles. The molecule has 0 saturated carbocycles. The highest BCUT2D eigenvalue weighted by molar-refractivity contribution is 5.94. The molecule has 2 atom stereocenters. The number of hydrogen-bond donors (Lipinski definition) is 1. The number of nitrogens with one attached hydrogen (secondary N) is 1. The molecule has 31 heavy (non-hydrogen) atoms. The summed E-state index contributed by atoms with van der Waals surface area (Å²) in [5.74, 6) is 3.98. The molecule has 166 valence electrons. The van der Waals surface area contributed by atoms with Gasteiger partial charge in [-0.3, -0.25) is 9.69 Å². The fraction of sp³-hybridized carbons (Fsp3) is 0.609. The smallest absolute Gasteiger partial charge is 0.241 e. The van der Waals surface area contributed by atoms with Gasteiger partial charge in [0.15, 0.2) is 11.5 Å². The van der Waals surface area contributed by atoms with Crippen LogP contribution in [0.15, 0.2) is 18.2 Å². The predicted octanol–water partition coefficient (Wildman–Crippen LogP) is 2.98. The molecule has 0 radical (unpaired) electrons. The van der Waals surface area contributed by atoms with Crippen LogP contribution >= 0.6 is 0 Å². The highest BCUT2D eigenvalue weighted by Crippen LogP contribution is 2.33. The Labute approximate surface area is 182 Å². The van der Waals surface area contributed by atoms with Crippen molar-refractivity contribution in [2.45, 2.75) is 64.0 Å². The molecule has 2 aromatic rings. The number of aryl methyl sites for hydroxylation is 1. The lowest BCUT2D eigenvalue weighted by atomic mass is 9.95. The van der Waals surface area contributed by atoms with E-state index >= 15 is 0 Å². The van der Waals surface area contributed by atoms with Crippen molar-refractivity contribution >= 4 is 11.6 Å². The number of piperidine rings is 1. The number of fused-ring (bicyclic) bond motifs is 2. The number of rotatable bonds is 4. The molecule has 1 saturated heterocycles. The third kappa shape index (κ3) is 4.26. The molecule has 1 amide bonds. The molecule has 8 heteroatoms. The molecule has 3 aliphatic rings. The first-order valence-corrected chi connectivity index (χ1v) is 11.6. The summed E-state index contributed by atoms with van der Waals surface area (Å²) < 4.78 is 13.5. The van der Waals surface area contributed by atoms with Crippen LogP contribution < -0.4 is 14.8 Å². The van der Waals surface area contributed by atoms with E-state index in [4.69, 9.17) is 9.47 Å². The topological polar surface area (TPSA) is 81.5 Å². The number of carbonyl (C=O) groups is 1. The Morgan fingerprint density at radius 3 is 2.87 bits per heavy atom. The summed E-state index contributed by atoms with van der Waals surface area (Å²) in [6.45, 7) is 5.86. The van der Waals surface area contributed by atoms with Crippen LogP contribution in [-0.2, 0) is 17.8 Å². The summed E-state index contributed by atoms with van der Waals surface area (Å²) in [6, 6.07) is 5.33. The number of likely N-dealkylation sites (tertiary alicyclic amines) is 1. The first-order chi connectivity index (χ1) is 15.2. The molecular weight excluding hydrogens is 394 g/mol. The minimum Gasteiger partial charge on any atom is -0.486 e. The van der Waals surface area contributed by atoms with Crippen molar-refractivity contribution in [3.8, 4) is 11.5 Å². The lowest BCUT2D eigenvalue weighted by molar-refractivity contribution is -0.121. The van der Waals surface area contributed by atoms with Gasteiger partial charge in [0.25, 0.3) is 0 Å². The van der Waals surface area contributed by atoms with Crippen LogP contribution in [0.25, 0.3) is 0 Å². The Balaban J connectivity index is 1.25. The third-order valence-electron chi connectivity index (χ3n) is 6.69. The molecule has 0 bridgehead atoms. The van der Waals surface area contributed by atoms with Crippen molar-refractivity contribution in [2.75, 3.05) is 31.6 Å². The van der Waals surface area contributed by atoms with Crippen molar-refractivity contribution < 1.29 is 14.3 Å². The fourth-order valence-corrected chi connectivity index (χ4v) is 4.91. The van der Waals surface area contributed by atoms with Crippen molar-refractivity contribution in [2.24, 2.45) is 0 Å². The highest BCUT2D eigenvalue weighted by atomic mass is 16.6. The summed E-state index contributed by atoms with van der Waals surface area (Å²) in [5, 5.41) is 12.1. The lowest BCUT2D eigenvalue weighted by Gasteiger charge is -2.35. The van der Waals surface area contributed by atoms with Gasteiger partial charge >= 0.3 is 0 Å². The molecule has 1 fully saturated rings. The lowest BCUT2D eigenvalue weighted by Crippen LogP contribution is -2.46. The summed E-state index contributed by atoms with van der Waals surface area (Å²) >= 11 is 0. The van der Waals surface area contributed by atoms with Gasteiger partial charge in [0.2, 0.25) is 5.91 Å². The minimum atomic E-state index is -0.220. The molecule has 2 unspecified atom stereocenters. The van der Waals surface area contributed by atoms with Gasteiger partial charge < -0.3 is 19.4 Å². The molecule has 8 nitrogen and oxygen atoms in total. The molecular formula is C23H31N5O3. The standard InChI is InChI=1S/C23H31N5O3/c1-16(23(29)24-18-8-9-19-20(14-18)31-13-12-30-19)27-10-5-6-17(15-27)22-26-25-21-7-3-2-4-11-28(21)22/h8-9,14,16-17H,2-7,10-13,15H2,1H3,(H,24,29). The number of amides is 1. The van der Waals surface area contributed by atoms with Crippen molar-refractivity contribution in [1.82, 2.24) is 19.7 Å². The summed E-state index contributed by atoms with van der Waals surface area (Å²) in [6.07, 6.45) is 6.85. The first kappa shape index (κ1) is 20.3. The van der Waals surface area contributed by atoms with Crippen LogP contribution in [0, 0.1) is 0 Å². The number of anilines is 1. The van der Waals surface area contributed by atoms with Crippen molar-refractivity contribution in [3.63, 3.8) is 0 Å². The molecule has 3 aliphatic heterocycles. The van der Waals surface area contributed by atoms with Gasteiger partial charge in [-0.2, -0.15) is 0 Å². The fourth-order valence-electron chi connectivity index (χ4n) is 4.91. The van der Waals surface area contributed by atoms with Crippen LogP contribution in [-0.4, -0.2) is 57.9 Å². The average Bonchev–Trinajstić information content (AvgIpc) is 3.06. The number of aromatic nitrogens is 3. The Morgan fingerprint density at radius 1 is 1.10 bits per heavy atom. The second-order valence-electron chi connectivity index (χ2n) is 8.79. The molecule has 4 heterocycles. The molecule has 1 N–H and O–H groups in total. The van der Waals surface area contributed by atoms with E-state index in [-0.39, 0.29) is 11.9 Å². The predicted molar refractivity (Wildman–Crippen MR) is 117 cm³/mol. The highest BCUT2D eigenvalue weighted by Gasteiger charge is 2.31.